The molecule has 1 aliphatic rings. The minimum atomic E-state index is -0.343. The van der Waals surface area contributed by atoms with E-state index in [1.54, 1.807) is 0 Å². The van der Waals surface area contributed by atoms with Crippen LogP contribution in [0.1, 0.15) is 40.5 Å². The molecule has 1 fully saturated rings. The summed E-state index contributed by atoms with van der Waals surface area (Å²) < 4.78 is 5.59. The van der Waals surface area contributed by atoms with Crippen LogP contribution in [0.5, 0.6) is 0 Å². The van der Waals surface area contributed by atoms with E-state index in [-0.39, 0.29) is 11.7 Å². The Bertz CT molecular complexity index is 257. The number of nitrogens with zero attached hydrogens (tertiary/aromatic N) is 1. The number of hydrogen-bond donors (Lipinski definition) is 1. The summed E-state index contributed by atoms with van der Waals surface area (Å²) in [6.45, 7) is 14.6. The molecule has 0 aromatic rings. The quantitative estimate of drug-likeness (QED) is 0.802. The topological polar surface area (TPSA) is 32.7 Å². The van der Waals surface area contributed by atoms with Gasteiger partial charge in [-0.1, -0.05) is 6.58 Å². The summed E-state index contributed by atoms with van der Waals surface area (Å²) in [5.41, 5.74) is 0.966. The van der Waals surface area contributed by atoms with Crippen molar-refractivity contribution < 1.29 is 9.84 Å². The van der Waals surface area contributed by atoms with Crippen molar-refractivity contribution in [2.75, 3.05) is 19.7 Å². The highest BCUT2D eigenvalue weighted by molar-refractivity contribution is 4.93. The molecule has 1 saturated heterocycles. The van der Waals surface area contributed by atoms with Crippen LogP contribution in [-0.2, 0) is 4.74 Å². The Kier molecular flexibility index (Phi) is 5.02. The second-order valence-corrected chi connectivity index (χ2v) is 6.15. The Morgan fingerprint density at radius 3 is 2.65 bits per heavy atom. The number of allylic oxidation sites excluding steroid dienone is 1. The summed E-state index contributed by atoms with van der Waals surface area (Å²) in [6, 6.07) is 0. The van der Waals surface area contributed by atoms with Gasteiger partial charge in [0, 0.05) is 18.8 Å². The SMILES string of the molecule is C=C(C)N1CCC(CC(O)COC(C)(C)C)C1. The lowest BCUT2D eigenvalue weighted by atomic mass is 10.0. The average molecular weight is 241 g/mol. The highest BCUT2D eigenvalue weighted by Crippen LogP contribution is 2.24. The van der Waals surface area contributed by atoms with Gasteiger partial charge < -0.3 is 14.7 Å². The van der Waals surface area contributed by atoms with E-state index in [1.807, 2.05) is 27.7 Å². The van der Waals surface area contributed by atoms with Gasteiger partial charge in [-0.05, 0) is 46.5 Å². The molecular formula is C14H27NO2. The molecule has 1 N–H and O–H groups in total. The van der Waals surface area contributed by atoms with Crippen LogP contribution in [0, 0.1) is 5.92 Å². The molecule has 0 aromatic carbocycles. The number of likely N-dealkylation sites (tertiary alicyclic amines) is 1. The van der Waals surface area contributed by atoms with Crippen molar-refractivity contribution in [2.45, 2.75) is 52.2 Å². The fourth-order valence-electron chi connectivity index (χ4n) is 2.17. The Morgan fingerprint density at radius 1 is 1.53 bits per heavy atom. The van der Waals surface area contributed by atoms with E-state index >= 15 is 0 Å². The van der Waals surface area contributed by atoms with Crippen molar-refractivity contribution in [1.29, 1.82) is 0 Å². The minimum absolute atomic E-state index is 0.166. The first-order valence-corrected chi connectivity index (χ1v) is 6.50. The van der Waals surface area contributed by atoms with Crippen LogP contribution in [0.4, 0.5) is 0 Å². The molecule has 2 unspecified atom stereocenters. The van der Waals surface area contributed by atoms with Crippen molar-refractivity contribution in [2.24, 2.45) is 5.92 Å². The molecule has 0 aliphatic carbocycles. The molecule has 2 atom stereocenters. The maximum atomic E-state index is 9.93. The number of ether oxygens (including phenoxy) is 1. The van der Waals surface area contributed by atoms with Crippen molar-refractivity contribution >= 4 is 0 Å². The second kappa shape index (κ2) is 5.87. The van der Waals surface area contributed by atoms with Crippen LogP contribution >= 0.6 is 0 Å². The Labute approximate surface area is 105 Å². The molecule has 100 valence electrons. The predicted octanol–water partition coefficient (Wildman–Crippen LogP) is 2.41. The second-order valence-electron chi connectivity index (χ2n) is 6.15. The number of aliphatic hydroxyl groups excluding tert-OH is 1. The maximum Gasteiger partial charge on any atom is 0.0777 e. The number of hydrogen-bond acceptors (Lipinski definition) is 3. The molecule has 0 amide bonds. The molecule has 1 aliphatic heterocycles. The monoisotopic (exact) mass is 241 g/mol. The van der Waals surface area contributed by atoms with Crippen molar-refractivity contribution in [3.05, 3.63) is 12.3 Å². The Morgan fingerprint density at radius 2 is 2.18 bits per heavy atom. The van der Waals surface area contributed by atoms with Crippen molar-refractivity contribution in [3.63, 3.8) is 0 Å². The third kappa shape index (κ3) is 5.55. The lowest BCUT2D eigenvalue weighted by Gasteiger charge is -2.23. The molecule has 0 saturated carbocycles. The van der Waals surface area contributed by atoms with Gasteiger partial charge in [0.15, 0.2) is 0 Å². The molecule has 3 heteroatoms. The first-order valence-electron chi connectivity index (χ1n) is 6.50. The van der Waals surface area contributed by atoms with Gasteiger partial charge in [0.25, 0.3) is 0 Å². The van der Waals surface area contributed by atoms with E-state index in [4.69, 9.17) is 4.74 Å². The summed E-state index contributed by atoms with van der Waals surface area (Å²) >= 11 is 0. The van der Waals surface area contributed by atoms with Gasteiger partial charge in [0.1, 0.15) is 0 Å². The van der Waals surface area contributed by atoms with Crippen molar-refractivity contribution in [1.82, 2.24) is 4.90 Å². The third-order valence-corrected chi connectivity index (χ3v) is 3.14. The number of aliphatic hydroxyl groups is 1. The zero-order valence-corrected chi connectivity index (χ0v) is 11.7. The minimum Gasteiger partial charge on any atom is -0.391 e. The highest BCUT2D eigenvalue weighted by atomic mass is 16.5. The van der Waals surface area contributed by atoms with Crippen LogP contribution < -0.4 is 0 Å². The van der Waals surface area contributed by atoms with Gasteiger partial charge in [-0.3, -0.25) is 0 Å². The third-order valence-electron chi connectivity index (χ3n) is 3.14. The van der Waals surface area contributed by atoms with Crippen LogP contribution in [-0.4, -0.2) is 41.4 Å². The number of rotatable bonds is 5. The maximum absolute atomic E-state index is 9.93. The molecule has 0 aromatic heterocycles. The molecule has 0 bridgehead atoms. The molecule has 0 spiro atoms. The van der Waals surface area contributed by atoms with Gasteiger partial charge in [-0.15, -0.1) is 0 Å². The van der Waals surface area contributed by atoms with Gasteiger partial charge in [-0.25, -0.2) is 0 Å². The molecule has 1 rings (SSSR count). The lowest BCUT2D eigenvalue weighted by molar-refractivity contribution is -0.0537. The highest BCUT2D eigenvalue weighted by Gasteiger charge is 2.25. The van der Waals surface area contributed by atoms with E-state index in [1.165, 1.54) is 0 Å². The summed E-state index contributed by atoms with van der Waals surface area (Å²) in [7, 11) is 0. The van der Waals surface area contributed by atoms with Gasteiger partial charge in [-0.2, -0.15) is 0 Å². The Balaban J connectivity index is 2.24. The van der Waals surface area contributed by atoms with Crippen LogP contribution in [0.15, 0.2) is 12.3 Å². The molecule has 0 radical (unpaired) electrons. The first kappa shape index (κ1) is 14.5. The van der Waals surface area contributed by atoms with Crippen LogP contribution in [0.3, 0.4) is 0 Å². The van der Waals surface area contributed by atoms with Gasteiger partial charge in [0.05, 0.1) is 18.3 Å². The lowest BCUT2D eigenvalue weighted by Crippen LogP contribution is -2.28. The molecular weight excluding hydrogens is 214 g/mol. The van der Waals surface area contributed by atoms with E-state index in [0.29, 0.717) is 12.5 Å². The smallest absolute Gasteiger partial charge is 0.0777 e. The summed E-state index contributed by atoms with van der Waals surface area (Å²) in [4.78, 5) is 2.29. The fraction of sp³-hybridized carbons (Fsp3) is 0.857. The van der Waals surface area contributed by atoms with Crippen molar-refractivity contribution in [3.8, 4) is 0 Å². The summed E-state index contributed by atoms with van der Waals surface area (Å²) in [5.74, 6) is 0.574. The molecule has 3 nitrogen and oxygen atoms in total. The zero-order valence-electron chi connectivity index (χ0n) is 11.7. The summed E-state index contributed by atoms with van der Waals surface area (Å²) in [6.07, 6.45) is 1.64. The van der Waals surface area contributed by atoms with Gasteiger partial charge >= 0.3 is 0 Å². The molecule has 1 heterocycles. The van der Waals surface area contributed by atoms with E-state index < -0.39 is 0 Å². The Hall–Kier alpha value is -0.540. The standard InChI is InChI=1S/C14H27NO2/c1-11(2)15-7-6-12(9-15)8-13(16)10-17-14(3,4)5/h12-13,16H,1,6-10H2,2-5H3. The van der Waals surface area contributed by atoms with Gasteiger partial charge in [0.2, 0.25) is 0 Å². The first-order chi connectivity index (χ1) is 7.78. The summed E-state index contributed by atoms with van der Waals surface area (Å²) in [5, 5.41) is 9.93. The predicted molar refractivity (Wildman–Crippen MR) is 70.8 cm³/mol. The molecule has 17 heavy (non-hydrogen) atoms. The normalized spacial score (nSPS) is 22.9. The fourth-order valence-corrected chi connectivity index (χ4v) is 2.17. The zero-order chi connectivity index (χ0) is 13.1. The van der Waals surface area contributed by atoms with E-state index in [0.717, 1.165) is 31.6 Å². The average Bonchev–Trinajstić information content (AvgIpc) is 2.62. The van der Waals surface area contributed by atoms with E-state index in [9.17, 15) is 5.11 Å². The largest absolute Gasteiger partial charge is 0.391 e. The van der Waals surface area contributed by atoms with Crippen LogP contribution in [0.25, 0.3) is 0 Å². The van der Waals surface area contributed by atoms with Crippen LogP contribution in [0.2, 0.25) is 0 Å². The van der Waals surface area contributed by atoms with E-state index in [2.05, 4.69) is 11.5 Å².